The van der Waals surface area contributed by atoms with Crippen molar-refractivity contribution in [3.63, 3.8) is 0 Å². The average Bonchev–Trinajstić information content (AvgIpc) is 3.26. The number of carbonyl (C=O) groups excluding carboxylic acids is 1. The molecule has 0 aliphatic heterocycles. The van der Waals surface area contributed by atoms with Crippen LogP contribution in [0.25, 0.3) is 0 Å². The molecular formula is C36H46O4. The fourth-order valence-electron chi connectivity index (χ4n) is 9.61. The van der Waals surface area contributed by atoms with Crippen molar-refractivity contribution in [2.75, 3.05) is 7.11 Å². The Balaban J connectivity index is 1.27. The number of benzene rings is 2. The normalized spacial score (nSPS) is 36.7. The van der Waals surface area contributed by atoms with E-state index in [4.69, 9.17) is 9.47 Å². The third-order valence-corrected chi connectivity index (χ3v) is 11.9. The van der Waals surface area contributed by atoms with Gasteiger partial charge < -0.3 is 14.6 Å². The Bertz CT molecular complexity index is 1280. The first-order valence-corrected chi connectivity index (χ1v) is 15.4. The average molecular weight is 543 g/mol. The lowest BCUT2D eigenvalue weighted by molar-refractivity contribution is -0.178. The van der Waals surface area contributed by atoms with Crippen molar-refractivity contribution in [3.05, 3.63) is 76.9 Å². The number of carbonyl (C=O) groups is 1. The fraction of sp³-hybridized carbons (Fsp3) is 0.583. The molecule has 3 unspecified atom stereocenters. The van der Waals surface area contributed by atoms with Crippen LogP contribution in [-0.2, 0) is 22.6 Å². The van der Waals surface area contributed by atoms with Crippen molar-refractivity contribution in [1.82, 2.24) is 0 Å². The SMILES string of the molecule is COc1ccc(CO[C@@]2(C(C)=O)CCC3C4CC=C5C[C@@H](O)CC[C@]5(C)C4CC[C@@]32C)c(Cc2ccccc2)c1. The number of ketones is 1. The van der Waals surface area contributed by atoms with E-state index in [2.05, 4.69) is 56.3 Å². The molecule has 214 valence electrons. The van der Waals surface area contributed by atoms with Crippen LogP contribution in [0.1, 0.15) is 88.8 Å². The van der Waals surface area contributed by atoms with E-state index in [1.807, 2.05) is 12.1 Å². The van der Waals surface area contributed by atoms with Gasteiger partial charge in [-0.3, -0.25) is 4.79 Å². The first-order valence-electron chi connectivity index (χ1n) is 15.4. The number of Topliss-reactive ketones (excluding diaryl/α,β-unsaturated/α-hetero) is 1. The Labute approximate surface area is 240 Å². The number of methoxy groups -OCH3 is 1. The molecule has 0 saturated heterocycles. The van der Waals surface area contributed by atoms with Crippen LogP contribution >= 0.6 is 0 Å². The van der Waals surface area contributed by atoms with Crippen LogP contribution in [0.15, 0.2) is 60.2 Å². The van der Waals surface area contributed by atoms with Crippen molar-refractivity contribution in [2.24, 2.45) is 28.6 Å². The quantitative estimate of drug-likeness (QED) is 0.369. The zero-order chi connectivity index (χ0) is 28.1. The molecule has 4 heteroatoms. The summed E-state index contributed by atoms with van der Waals surface area (Å²) < 4.78 is 12.5. The number of ether oxygens (including phenoxy) is 2. The highest BCUT2D eigenvalue weighted by atomic mass is 16.5. The molecule has 4 nitrogen and oxygen atoms in total. The van der Waals surface area contributed by atoms with E-state index in [1.165, 1.54) is 16.7 Å². The van der Waals surface area contributed by atoms with Gasteiger partial charge in [0.05, 0.1) is 19.8 Å². The van der Waals surface area contributed by atoms with Crippen molar-refractivity contribution in [1.29, 1.82) is 0 Å². The summed E-state index contributed by atoms with van der Waals surface area (Å²) in [5.41, 5.74) is 4.34. The lowest BCUT2D eigenvalue weighted by atomic mass is 9.46. The summed E-state index contributed by atoms with van der Waals surface area (Å²) in [7, 11) is 1.71. The van der Waals surface area contributed by atoms with Gasteiger partial charge in [-0.15, -0.1) is 0 Å². The van der Waals surface area contributed by atoms with Crippen LogP contribution in [0.2, 0.25) is 0 Å². The second-order valence-corrected chi connectivity index (χ2v) is 13.6. The lowest BCUT2D eigenvalue weighted by Gasteiger charge is -2.59. The van der Waals surface area contributed by atoms with E-state index < -0.39 is 5.60 Å². The van der Waals surface area contributed by atoms with Gasteiger partial charge in [0.1, 0.15) is 11.4 Å². The smallest absolute Gasteiger partial charge is 0.162 e. The molecule has 0 heterocycles. The van der Waals surface area contributed by atoms with Crippen molar-refractivity contribution >= 4 is 5.78 Å². The molecule has 0 spiro atoms. The van der Waals surface area contributed by atoms with Gasteiger partial charge in [0.2, 0.25) is 0 Å². The van der Waals surface area contributed by atoms with Crippen LogP contribution in [0.5, 0.6) is 5.75 Å². The van der Waals surface area contributed by atoms with Crippen LogP contribution < -0.4 is 4.74 Å². The minimum Gasteiger partial charge on any atom is -0.497 e. The van der Waals surface area contributed by atoms with Gasteiger partial charge in [-0.2, -0.15) is 0 Å². The maximum absolute atomic E-state index is 13.6. The van der Waals surface area contributed by atoms with E-state index >= 15 is 0 Å². The Hall–Kier alpha value is -2.43. The third kappa shape index (κ3) is 4.38. The Morgan fingerprint density at radius 2 is 1.75 bits per heavy atom. The summed E-state index contributed by atoms with van der Waals surface area (Å²) in [4.78, 5) is 13.6. The molecule has 2 aromatic carbocycles. The van der Waals surface area contributed by atoms with E-state index in [9.17, 15) is 9.90 Å². The summed E-state index contributed by atoms with van der Waals surface area (Å²) in [6, 6.07) is 16.7. The Kier molecular flexibility index (Phi) is 7.24. The standard InChI is InChI=1S/C36H46O4/c1-24(37)36(40-23-26-10-12-30(39-4)21-27(26)20-25-8-6-5-7-9-25)19-16-33-31-13-11-28-22-29(38)14-17-34(28,2)32(31)15-18-35(33,36)3/h5-12,21,29,31-33,38H,13-20,22-23H2,1-4H3/t29-,31?,32?,33?,34-,35-,36+/m0/s1. The highest BCUT2D eigenvalue weighted by molar-refractivity contribution is 5.86. The van der Waals surface area contributed by atoms with E-state index in [0.717, 1.165) is 69.1 Å². The number of rotatable bonds is 7. The van der Waals surface area contributed by atoms with Gasteiger partial charge in [0.15, 0.2) is 5.78 Å². The van der Waals surface area contributed by atoms with Crippen LogP contribution in [0.3, 0.4) is 0 Å². The third-order valence-electron chi connectivity index (χ3n) is 11.9. The molecule has 0 aromatic heterocycles. The predicted molar refractivity (Wildman–Crippen MR) is 158 cm³/mol. The first kappa shape index (κ1) is 27.7. The molecule has 3 saturated carbocycles. The maximum atomic E-state index is 13.6. The topological polar surface area (TPSA) is 55.8 Å². The molecular weight excluding hydrogens is 496 g/mol. The molecule has 4 aliphatic carbocycles. The Morgan fingerprint density at radius 1 is 0.975 bits per heavy atom. The minimum absolute atomic E-state index is 0.165. The molecule has 1 N–H and O–H groups in total. The van der Waals surface area contributed by atoms with Gasteiger partial charge in [-0.25, -0.2) is 0 Å². The van der Waals surface area contributed by atoms with Crippen LogP contribution in [0, 0.1) is 28.6 Å². The summed E-state index contributed by atoms with van der Waals surface area (Å²) in [6.45, 7) is 7.03. The van der Waals surface area contributed by atoms with Crippen molar-refractivity contribution < 1.29 is 19.4 Å². The second-order valence-electron chi connectivity index (χ2n) is 13.6. The van der Waals surface area contributed by atoms with Gasteiger partial charge >= 0.3 is 0 Å². The molecule has 3 fully saturated rings. The van der Waals surface area contributed by atoms with E-state index in [1.54, 1.807) is 14.0 Å². The molecule has 2 aromatic rings. The van der Waals surface area contributed by atoms with Gasteiger partial charge in [-0.05, 0) is 117 Å². The first-order chi connectivity index (χ1) is 19.2. The molecule has 40 heavy (non-hydrogen) atoms. The second kappa shape index (κ2) is 10.4. The van der Waals surface area contributed by atoms with E-state index in [-0.39, 0.29) is 22.7 Å². The molecule has 0 bridgehead atoms. The van der Waals surface area contributed by atoms with Crippen LogP contribution in [-0.4, -0.2) is 29.7 Å². The molecule has 0 amide bonds. The number of fused-ring (bicyclic) bond motifs is 5. The summed E-state index contributed by atoms with van der Waals surface area (Å²) in [5.74, 6) is 2.74. The highest BCUT2D eigenvalue weighted by Gasteiger charge is 2.66. The largest absolute Gasteiger partial charge is 0.497 e. The number of allylic oxidation sites excluding steroid dienone is 1. The summed E-state index contributed by atoms with van der Waals surface area (Å²) >= 11 is 0. The highest BCUT2D eigenvalue weighted by Crippen LogP contribution is 2.68. The predicted octanol–water partition coefficient (Wildman–Crippen LogP) is 7.45. The summed E-state index contributed by atoms with van der Waals surface area (Å²) in [5, 5.41) is 10.4. The molecule has 4 aliphatic rings. The number of aliphatic hydroxyl groups excluding tert-OH is 1. The summed E-state index contributed by atoms with van der Waals surface area (Å²) in [6.07, 6.45) is 11.0. The van der Waals surface area contributed by atoms with Crippen LogP contribution in [0.4, 0.5) is 0 Å². The monoisotopic (exact) mass is 542 g/mol. The fourth-order valence-corrected chi connectivity index (χ4v) is 9.61. The van der Waals surface area contributed by atoms with Gasteiger partial charge in [0.25, 0.3) is 0 Å². The zero-order valence-electron chi connectivity index (χ0n) is 24.7. The number of aliphatic hydroxyl groups is 1. The zero-order valence-corrected chi connectivity index (χ0v) is 24.7. The van der Waals surface area contributed by atoms with Crippen molar-refractivity contribution in [3.8, 4) is 5.75 Å². The van der Waals surface area contributed by atoms with E-state index in [0.29, 0.717) is 24.4 Å². The molecule has 0 radical (unpaired) electrons. The maximum Gasteiger partial charge on any atom is 0.162 e. The Morgan fingerprint density at radius 3 is 2.50 bits per heavy atom. The number of hydrogen-bond acceptors (Lipinski definition) is 4. The lowest BCUT2D eigenvalue weighted by Crippen LogP contribution is -2.58. The minimum atomic E-state index is -0.750. The molecule has 7 atom stereocenters. The van der Waals surface area contributed by atoms with Crippen molar-refractivity contribution in [2.45, 2.75) is 96.9 Å². The molecule has 6 rings (SSSR count). The van der Waals surface area contributed by atoms with Gasteiger partial charge in [0, 0.05) is 5.41 Å². The van der Waals surface area contributed by atoms with Gasteiger partial charge in [-0.1, -0.05) is 61.9 Å². The number of hydrogen-bond donors (Lipinski definition) is 1.